The van der Waals surface area contributed by atoms with Gasteiger partial charge in [-0.2, -0.15) is 0 Å². The van der Waals surface area contributed by atoms with Gasteiger partial charge in [0.2, 0.25) is 0 Å². The van der Waals surface area contributed by atoms with Crippen LogP contribution in [-0.4, -0.2) is 22.4 Å². The maximum atomic E-state index is 12.0. The van der Waals surface area contributed by atoms with Crippen LogP contribution in [0.2, 0.25) is 5.02 Å². The second kappa shape index (κ2) is 5.39. The Bertz CT molecular complexity index is 644. The number of alkyl carbamates (subject to hydrolysis) is 1. The molecule has 5 nitrogen and oxygen atoms in total. The molecule has 1 aliphatic rings. The molecule has 0 unspecified atom stereocenters. The van der Waals surface area contributed by atoms with Crippen LogP contribution < -0.4 is 10.1 Å². The molecule has 0 atom stereocenters. The standard InChI is InChI=1S/C16H20ClNO4/c1-15(2,3)22-14(20)18-13-12(19)10-8-9(17)6-7-11(10)21-16(13,4)5/h6-8,19H,1-5H3,(H,18,20). The van der Waals surface area contributed by atoms with E-state index in [0.717, 1.165) is 0 Å². The highest BCUT2D eigenvalue weighted by atomic mass is 35.5. The number of carbonyl (C=O) groups excluding carboxylic acids is 1. The zero-order valence-electron chi connectivity index (χ0n) is 13.3. The molecule has 2 N–H and O–H groups in total. The quantitative estimate of drug-likeness (QED) is 0.809. The summed E-state index contributed by atoms with van der Waals surface area (Å²) in [6, 6.07) is 4.94. The molecule has 0 aromatic heterocycles. The minimum Gasteiger partial charge on any atom is -0.505 e. The third kappa shape index (κ3) is 3.47. The van der Waals surface area contributed by atoms with Crippen molar-refractivity contribution in [1.82, 2.24) is 5.32 Å². The highest BCUT2D eigenvalue weighted by molar-refractivity contribution is 6.30. The van der Waals surface area contributed by atoms with E-state index in [1.807, 2.05) is 0 Å². The molecule has 0 radical (unpaired) electrons. The van der Waals surface area contributed by atoms with Crippen LogP contribution in [0.15, 0.2) is 23.9 Å². The molecule has 0 fully saturated rings. The van der Waals surface area contributed by atoms with Gasteiger partial charge in [-0.3, -0.25) is 5.32 Å². The molecule has 0 spiro atoms. The summed E-state index contributed by atoms with van der Waals surface area (Å²) in [5.74, 6) is 0.418. The molecule has 0 bridgehead atoms. The smallest absolute Gasteiger partial charge is 0.412 e. The Kier molecular flexibility index (Phi) is 4.04. The number of aliphatic hydroxyl groups is 1. The van der Waals surface area contributed by atoms with Crippen LogP contribution >= 0.6 is 11.6 Å². The summed E-state index contributed by atoms with van der Waals surface area (Å²) in [5.41, 5.74) is -0.891. The molecular weight excluding hydrogens is 306 g/mol. The first kappa shape index (κ1) is 16.5. The van der Waals surface area contributed by atoms with E-state index in [9.17, 15) is 9.90 Å². The van der Waals surface area contributed by atoms with Crippen LogP contribution in [0.4, 0.5) is 4.79 Å². The van der Waals surface area contributed by atoms with E-state index in [4.69, 9.17) is 21.1 Å². The summed E-state index contributed by atoms with van der Waals surface area (Å²) in [5, 5.41) is 13.5. The maximum Gasteiger partial charge on any atom is 0.412 e. The molecule has 0 saturated heterocycles. The van der Waals surface area contributed by atoms with Gasteiger partial charge in [0.15, 0.2) is 0 Å². The Morgan fingerprint density at radius 1 is 1.36 bits per heavy atom. The molecule has 1 amide bonds. The number of carbonyl (C=O) groups is 1. The van der Waals surface area contributed by atoms with Crippen molar-refractivity contribution in [3.63, 3.8) is 0 Å². The van der Waals surface area contributed by atoms with Gasteiger partial charge in [-0.25, -0.2) is 4.79 Å². The Labute approximate surface area is 134 Å². The molecule has 22 heavy (non-hydrogen) atoms. The van der Waals surface area contributed by atoms with Crippen molar-refractivity contribution in [2.45, 2.75) is 45.8 Å². The van der Waals surface area contributed by atoms with Crippen molar-refractivity contribution in [2.24, 2.45) is 0 Å². The summed E-state index contributed by atoms with van der Waals surface area (Å²) >= 11 is 5.95. The van der Waals surface area contributed by atoms with Crippen LogP contribution in [0, 0.1) is 0 Å². The third-order valence-electron chi connectivity index (χ3n) is 3.03. The Hall–Kier alpha value is -1.88. The van der Waals surface area contributed by atoms with E-state index in [2.05, 4.69) is 5.32 Å². The largest absolute Gasteiger partial charge is 0.505 e. The molecule has 120 valence electrons. The van der Waals surface area contributed by atoms with Crippen LogP contribution in [0.25, 0.3) is 5.76 Å². The summed E-state index contributed by atoms with van der Waals surface area (Å²) in [6.07, 6.45) is -0.656. The molecule has 0 aliphatic carbocycles. The molecule has 0 saturated carbocycles. The van der Waals surface area contributed by atoms with Crippen molar-refractivity contribution < 1.29 is 19.4 Å². The molecule has 6 heteroatoms. The predicted octanol–water partition coefficient (Wildman–Crippen LogP) is 4.26. The fraction of sp³-hybridized carbons (Fsp3) is 0.438. The molecular formula is C16H20ClNO4. The van der Waals surface area contributed by atoms with Gasteiger partial charge in [0.25, 0.3) is 0 Å². The van der Waals surface area contributed by atoms with Crippen LogP contribution in [-0.2, 0) is 4.74 Å². The SMILES string of the molecule is CC(C)(C)OC(=O)NC1=C(O)c2cc(Cl)ccc2OC1(C)C. The number of ether oxygens (including phenoxy) is 2. The normalized spacial score (nSPS) is 16.6. The fourth-order valence-corrected chi connectivity index (χ4v) is 2.31. The number of amides is 1. The van der Waals surface area contributed by atoms with Gasteiger partial charge in [-0.15, -0.1) is 0 Å². The average molecular weight is 326 g/mol. The average Bonchev–Trinajstić information content (AvgIpc) is 2.33. The minimum absolute atomic E-state index is 0.0837. The van der Waals surface area contributed by atoms with Gasteiger partial charge in [-0.05, 0) is 52.8 Å². The van der Waals surface area contributed by atoms with Gasteiger partial charge in [0.1, 0.15) is 28.4 Å². The van der Waals surface area contributed by atoms with Gasteiger partial charge in [0.05, 0.1) is 5.56 Å². The van der Waals surface area contributed by atoms with E-state index in [-0.39, 0.29) is 11.5 Å². The zero-order chi connectivity index (χ0) is 16.7. The van der Waals surface area contributed by atoms with Gasteiger partial charge in [0, 0.05) is 5.02 Å². The van der Waals surface area contributed by atoms with E-state index >= 15 is 0 Å². The summed E-state index contributed by atoms with van der Waals surface area (Å²) in [7, 11) is 0. The summed E-state index contributed by atoms with van der Waals surface area (Å²) in [6.45, 7) is 8.77. The summed E-state index contributed by atoms with van der Waals surface area (Å²) < 4.78 is 11.1. The monoisotopic (exact) mass is 325 g/mol. The third-order valence-corrected chi connectivity index (χ3v) is 3.26. The van der Waals surface area contributed by atoms with Gasteiger partial charge < -0.3 is 14.6 Å². The fourth-order valence-electron chi connectivity index (χ4n) is 2.14. The van der Waals surface area contributed by atoms with Crippen LogP contribution in [0.1, 0.15) is 40.2 Å². The number of halogens is 1. The highest BCUT2D eigenvalue weighted by Crippen LogP contribution is 2.39. The number of nitrogens with one attached hydrogen (secondary N) is 1. The van der Waals surface area contributed by atoms with Crippen molar-refractivity contribution in [3.8, 4) is 5.75 Å². The van der Waals surface area contributed by atoms with E-state index < -0.39 is 17.3 Å². The molecule has 1 aromatic rings. The number of hydrogen-bond acceptors (Lipinski definition) is 4. The molecule has 1 heterocycles. The molecule has 1 aliphatic heterocycles. The summed E-state index contributed by atoms with van der Waals surface area (Å²) in [4.78, 5) is 12.0. The number of rotatable bonds is 1. The van der Waals surface area contributed by atoms with Crippen molar-refractivity contribution >= 4 is 23.5 Å². The van der Waals surface area contributed by atoms with E-state index in [0.29, 0.717) is 16.3 Å². The van der Waals surface area contributed by atoms with E-state index in [1.165, 1.54) is 0 Å². The molecule has 1 aromatic carbocycles. The highest BCUT2D eigenvalue weighted by Gasteiger charge is 2.37. The minimum atomic E-state index is -0.915. The topological polar surface area (TPSA) is 67.8 Å². The van der Waals surface area contributed by atoms with Crippen molar-refractivity contribution in [3.05, 3.63) is 34.5 Å². The van der Waals surface area contributed by atoms with Gasteiger partial charge in [-0.1, -0.05) is 11.6 Å². The maximum absolute atomic E-state index is 12.0. The zero-order valence-corrected chi connectivity index (χ0v) is 14.0. The first-order valence-electron chi connectivity index (χ1n) is 6.92. The van der Waals surface area contributed by atoms with E-state index in [1.54, 1.807) is 52.8 Å². The number of benzene rings is 1. The van der Waals surface area contributed by atoms with Crippen molar-refractivity contribution in [1.29, 1.82) is 0 Å². The number of aliphatic hydroxyl groups excluding tert-OH is 1. The van der Waals surface area contributed by atoms with Crippen molar-refractivity contribution in [2.75, 3.05) is 0 Å². The second-order valence-corrected chi connectivity index (χ2v) is 7.04. The predicted molar refractivity (Wildman–Crippen MR) is 85.1 cm³/mol. The lowest BCUT2D eigenvalue weighted by Crippen LogP contribution is -2.44. The Morgan fingerprint density at radius 2 is 2.00 bits per heavy atom. The van der Waals surface area contributed by atoms with Crippen LogP contribution in [0.3, 0.4) is 0 Å². The lowest BCUT2D eigenvalue weighted by atomic mass is 9.96. The number of hydrogen-bond donors (Lipinski definition) is 2. The lowest BCUT2D eigenvalue weighted by molar-refractivity contribution is 0.0498. The Balaban J connectivity index is 2.39. The van der Waals surface area contributed by atoms with Crippen LogP contribution in [0.5, 0.6) is 5.75 Å². The lowest BCUT2D eigenvalue weighted by Gasteiger charge is -2.35. The Morgan fingerprint density at radius 3 is 2.59 bits per heavy atom. The first-order valence-corrected chi connectivity index (χ1v) is 7.30. The molecule has 2 rings (SSSR count). The van der Waals surface area contributed by atoms with Gasteiger partial charge >= 0.3 is 6.09 Å². The second-order valence-electron chi connectivity index (χ2n) is 6.60. The first-order chi connectivity index (χ1) is 9.99. The number of fused-ring (bicyclic) bond motifs is 1.